The van der Waals surface area contributed by atoms with Gasteiger partial charge in [-0.3, -0.25) is 15.1 Å². The van der Waals surface area contributed by atoms with Crippen LogP contribution < -0.4 is 30.1 Å². The first-order valence-electron chi connectivity index (χ1n) is 17.9. The third-order valence-corrected chi connectivity index (χ3v) is 10.0. The summed E-state index contributed by atoms with van der Waals surface area (Å²) in [5, 5.41) is 18.6. The minimum absolute atomic E-state index is 0.0783. The zero-order valence-corrected chi connectivity index (χ0v) is 32.4. The van der Waals surface area contributed by atoms with E-state index >= 15 is 0 Å². The lowest BCUT2D eigenvalue weighted by atomic mass is 10.1. The molecule has 0 aliphatic carbocycles. The van der Waals surface area contributed by atoms with Gasteiger partial charge in [-0.1, -0.05) is 29.3 Å². The number of rotatable bonds is 15. The van der Waals surface area contributed by atoms with Gasteiger partial charge < -0.3 is 39.4 Å². The molecule has 3 N–H and O–H groups in total. The fourth-order valence-corrected chi connectivity index (χ4v) is 6.95. The number of piperazine rings is 1. The fraction of sp³-hybridized carbons (Fsp3) is 0.395. The van der Waals surface area contributed by atoms with Gasteiger partial charge in [0.15, 0.2) is 0 Å². The standard InChI is InChI=1S/C38H45Cl2N9O6/c1-26(27(2)54-36(50)19-42-3)45-37(51)49(23-41)31-7-5-29(6-8-31)46-14-16-47(17-15-46)30-9-11-32(12-10-30)52-20-33-21-53-38(55-33,22-48-25-43-24-44-48)34-13-4-28(39)18-35(34)40/h4-13,18,23-27,33,41-42H,14-17,19-22H2,1-3H3,(H,45,51)/t26?,27?,33-,38?/m1/s1. The molecule has 2 amide bonds. The Labute approximate surface area is 329 Å². The number of halogens is 2. The van der Waals surface area contributed by atoms with Gasteiger partial charge in [-0.05, 0) is 81.6 Å². The predicted octanol–water partition coefficient (Wildman–Crippen LogP) is 4.92. The van der Waals surface area contributed by atoms with E-state index in [1.165, 1.54) is 11.2 Å². The molecule has 0 saturated carbocycles. The number of hydrogen-bond donors (Lipinski definition) is 3. The predicted molar refractivity (Wildman–Crippen MR) is 211 cm³/mol. The van der Waals surface area contributed by atoms with Gasteiger partial charge in [0, 0.05) is 48.1 Å². The van der Waals surface area contributed by atoms with Crippen molar-refractivity contribution in [2.75, 3.05) is 67.7 Å². The second-order valence-electron chi connectivity index (χ2n) is 13.3. The van der Waals surface area contributed by atoms with E-state index in [2.05, 4.69) is 42.6 Å². The van der Waals surface area contributed by atoms with E-state index in [0.717, 1.165) is 43.9 Å². The monoisotopic (exact) mass is 793 g/mol. The number of urea groups is 1. The third-order valence-electron chi connectivity index (χ3n) is 9.49. The van der Waals surface area contributed by atoms with Crippen LogP contribution in [0.1, 0.15) is 19.4 Å². The lowest BCUT2D eigenvalue weighted by Crippen LogP contribution is -2.48. The van der Waals surface area contributed by atoms with Crippen LogP contribution >= 0.6 is 23.2 Å². The number of hydrogen-bond acceptors (Lipinski definition) is 12. The van der Waals surface area contributed by atoms with Gasteiger partial charge in [0.25, 0.3) is 0 Å². The van der Waals surface area contributed by atoms with Gasteiger partial charge in [0.1, 0.15) is 43.8 Å². The summed E-state index contributed by atoms with van der Waals surface area (Å²) in [4.78, 5) is 34.7. The maximum atomic E-state index is 13.0. The number of aromatic nitrogens is 3. The molecule has 0 bridgehead atoms. The maximum absolute atomic E-state index is 13.0. The first kappa shape index (κ1) is 39.8. The summed E-state index contributed by atoms with van der Waals surface area (Å²) >= 11 is 12.7. The number of carbonyl (C=O) groups excluding carboxylic acids is 2. The maximum Gasteiger partial charge on any atom is 0.327 e. The third kappa shape index (κ3) is 9.85. The lowest BCUT2D eigenvalue weighted by Gasteiger charge is -2.37. The second kappa shape index (κ2) is 18.1. The molecule has 55 heavy (non-hydrogen) atoms. The molecule has 0 radical (unpaired) electrons. The Morgan fingerprint density at radius 3 is 2.31 bits per heavy atom. The smallest absolute Gasteiger partial charge is 0.327 e. The Hall–Kier alpha value is -4.93. The van der Waals surface area contributed by atoms with Crippen molar-refractivity contribution in [2.45, 2.75) is 44.4 Å². The SMILES string of the molecule is CNCC(=O)OC(C)C(C)NC(=O)N(C=N)c1ccc(N2CCN(c3ccc(OC[C@@H]4COC(Cn5cncn5)(c5ccc(Cl)cc5Cl)O4)cc3)CC2)cc1. The molecule has 3 aromatic carbocycles. The van der Waals surface area contributed by atoms with Crippen LogP contribution in [0.2, 0.25) is 10.0 Å². The van der Waals surface area contributed by atoms with Gasteiger partial charge in [-0.15, -0.1) is 0 Å². The molecule has 0 spiro atoms. The first-order valence-corrected chi connectivity index (χ1v) is 18.7. The number of anilines is 3. The molecular formula is C38H45Cl2N9O6. The Balaban J connectivity index is 0.979. The highest BCUT2D eigenvalue weighted by Gasteiger charge is 2.45. The van der Waals surface area contributed by atoms with Gasteiger partial charge in [-0.2, -0.15) is 5.10 Å². The highest BCUT2D eigenvalue weighted by Crippen LogP contribution is 2.40. The van der Waals surface area contributed by atoms with E-state index in [9.17, 15) is 9.59 Å². The molecule has 4 atom stereocenters. The summed E-state index contributed by atoms with van der Waals surface area (Å²) in [6.07, 6.45) is 3.11. The van der Waals surface area contributed by atoms with E-state index in [4.69, 9.17) is 47.6 Å². The lowest BCUT2D eigenvalue weighted by molar-refractivity contribution is -0.190. The van der Waals surface area contributed by atoms with Crippen molar-refractivity contribution >= 4 is 58.6 Å². The molecule has 17 heteroatoms. The highest BCUT2D eigenvalue weighted by molar-refractivity contribution is 6.35. The number of benzene rings is 3. The Morgan fingerprint density at radius 2 is 1.71 bits per heavy atom. The van der Waals surface area contributed by atoms with E-state index in [1.807, 2.05) is 36.4 Å². The molecule has 2 saturated heterocycles. The molecule has 3 heterocycles. The van der Waals surface area contributed by atoms with Crippen LogP contribution in [0.5, 0.6) is 5.75 Å². The molecule has 1 aromatic heterocycles. The largest absolute Gasteiger partial charge is 0.491 e. The van der Waals surface area contributed by atoms with Crippen LogP contribution in [0.4, 0.5) is 21.9 Å². The average Bonchev–Trinajstić information content (AvgIpc) is 3.85. The number of ether oxygens (including phenoxy) is 4. The van der Waals surface area contributed by atoms with E-state index < -0.39 is 29.9 Å². The molecule has 292 valence electrons. The zero-order valence-electron chi connectivity index (χ0n) is 30.9. The molecular weight excluding hydrogens is 749 g/mol. The fourth-order valence-electron chi connectivity index (χ4n) is 6.40. The van der Waals surface area contributed by atoms with Crippen LogP contribution in [-0.2, 0) is 31.3 Å². The minimum atomic E-state index is -1.18. The van der Waals surface area contributed by atoms with Gasteiger partial charge in [-0.25, -0.2) is 14.5 Å². The number of esters is 1. The van der Waals surface area contributed by atoms with Crippen LogP contribution in [0.3, 0.4) is 0 Å². The molecule has 2 fully saturated rings. The Bertz CT molecular complexity index is 1900. The number of likely N-dealkylation sites (N-methyl/N-ethyl adjacent to an activating group) is 1. The second-order valence-corrected chi connectivity index (χ2v) is 14.1. The van der Waals surface area contributed by atoms with Crippen LogP contribution in [0, 0.1) is 5.41 Å². The van der Waals surface area contributed by atoms with Crippen molar-refractivity contribution in [3.63, 3.8) is 0 Å². The number of nitrogens with one attached hydrogen (secondary N) is 3. The summed E-state index contributed by atoms with van der Waals surface area (Å²) in [6.45, 7) is 7.61. The van der Waals surface area contributed by atoms with Crippen molar-refractivity contribution < 1.29 is 28.5 Å². The number of nitrogens with zero attached hydrogens (tertiary/aromatic N) is 6. The van der Waals surface area contributed by atoms with Crippen LogP contribution in [0.25, 0.3) is 0 Å². The minimum Gasteiger partial charge on any atom is -0.491 e. The number of amides is 2. The normalized spacial score (nSPS) is 19.4. The van der Waals surface area contributed by atoms with E-state index in [1.54, 1.807) is 50.1 Å². The van der Waals surface area contributed by atoms with E-state index in [-0.39, 0.29) is 25.8 Å². The molecule has 2 aliphatic rings. The van der Waals surface area contributed by atoms with Crippen molar-refractivity contribution in [1.82, 2.24) is 25.4 Å². The zero-order chi connectivity index (χ0) is 39.0. The Kier molecular flexibility index (Phi) is 13.1. The van der Waals surface area contributed by atoms with Gasteiger partial charge in [0.05, 0.1) is 36.2 Å². The summed E-state index contributed by atoms with van der Waals surface area (Å²) < 4.78 is 25.8. The van der Waals surface area contributed by atoms with Crippen LogP contribution in [-0.4, -0.2) is 104 Å². The molecule has 6 rings (SSSR count). The summed E-state index contributed by atoms with van der Waals surface area (Å²) in [5.74, 6) is -0.874. The average molecular weight is 795 g/mol. The van der Waals surface area contributed by atoms with Crippen molar-refractivity contribution in [2.24, 2.45) is 0 Å². The van der Waals surface area contributed by atoms with E-state index in [0.29, 0.717) is 33.7 Å². The van der Waals surface area contributed by atoms with Crippen molar-refractivity contribution in [1.29, 1.82) is 5.41 Å². The summed E-state index contributed by atoms with van der Waals surface area (Å²) in [6, 6.07) is 19.8. The molecule has 2 aliphatic heterocycles. The van der Waals surface area contributed by atoms with Crippen LogP contribution in [0.15, 0.2) is 79.4 Å². The topological polar surface area (TPSA) is 159 Å². The van der Waals surface area contributed by atoms with Gasteiger partial charge in [0.2, 0.25) is 5.79 Å². The van der Waals surface area contributed by atoms with Crippen molar-refractivity contribution in [3.8, 4) is 5.75 Å². The summed E-state index contributed by atoms with van der Waals surface area (Å²) in [5.41, 5.74) is 3.32. The molecule has 3 unspecified atom stereocenters. The Morgan fingerprint density at radius 1 is 1.04 bits per heavy atom. The summed E-state index contributed by atoms with van der Waals surface area (Å²) in [7, 11) is 1.65. The van der Waals surface area contributed by atoms with Crippen molar-refractivity contribution in [3.05, 3.63) is 95.0 Å². The number of carbonyl (C=O) groups is 2. The molecule has 4 aromatic rings. The quantitative estimate of drug-likeness (QED) is 0.0852. The molecule has 15 nitrogen and oxygen atoms in total. The van der Waals surface area contributed by atoms with Gasteiger partial charge >= 0.3 is 12.0 Å². The highest BCUT2D eigenvalue weighted by atomic mass is 35.5. The first-order chi connectivity index (χ1) is 26.6.